The van der Waals surface area contributed by atoms with Crippen LogP contribution in [0.5, 0.6) is 0 Å². The minimum absolute atomic E-state index is 0.000971. The molecule has 0 aromatic heterocycles. The first-order valence-electron chi connectivity index (χ1n) is 7.03. The Morgan fingerprint density at radius 3 is 2.83 bits per heavy atom. The predicted octanol–water partition coefficient (Wildman–Crippen LogP) is 3.09. The van der Waals surface area contributed by atoms with Gasteiger partial charge in [0.1, 0.15) is 5.69 Å². The number of carbonyl (C=O) groups excluding carboxylic acids is 2. The van der Waals surface area contributed by atoms with E-state index in [1.807, 2.05) is 12.2 Å². The molecule has 0 heterocycles. The summed E-state index contributed by atoms with van der Waals surface area (Å²) >= 11 is 5.69. The number of benzene rings is 1. The second kappa shape index (κ2) is 7.73. The molecule has 1 aromatic rings. The lowest BCUT2D eigenvalue weighted by Crippen LogP contribution is -2.25. The Hall–Kier alpha value is -2.41. The van der Waals surface area contributed by atoms with Crippen molar-refractivity contribution in [2.24, 2.45) is 5.92 Å². The fourth-order valence-corrected chi connectivity index (χ4v) is 2.38. The number of ether oxygens (including phenoxy) is 1. The summed E-state index contributed by atoms with van der Waals surface area (Å²) in [5.74, 6) is -1.32. The lowest BCUT2D eigenvalue weighted by atomic mass is 9.95. The van der Waals surface area contributed by atoms with Gasteiger partial charge in [-0.1, -0.05) is 23.8 Å². The molecule has 1 aliphatic rings. The Bertz CT molecular complexity index is 659. The normalized spacial score (nSPS) is 16.7. The van der Waals surface area contributed by atoms with Gasteiger partial charge in [0.15, 0.2) is 6.61 Å². The van der Waals surface area contributed by atoms with Crippen LogP contribution in [0.3, 0.4) is 0 Å². The van der Waals surface area contributed by atoms with Gasteiger partial charge in [-0.15, -0.1) is 0 Å². The molecule has 0 bridgehead atoms. The predicted molar refractivity (Wildman–Crippen MR) is 84.2 cm³/mol. The first-order valence-corrected chi connectivity index (χ1v) is 7.40. The molecule has 122 valence electrons. The summed E-state index contributed by atoms with van der Waals surface area (Å²) in [6, 6.07) is 3.88. The summed E-state index contributed by atoms with van der Waals surface area (Å²) in [6.07, 6.45) is 6.01. The van der Waals surface area contributed by atoms with Crippen molar-refractivity contribution in [2.45, 2.75) is 19.3 Å². The van der Waals surface area contributed by atoms with E-state index in [9.17, 15) is 19.7 Å². The molecule has 8 heteroatoms. The molecule has 0 saturated carbocycles. The van der Waals surface area contributed by atoms with Gasteiger partial charge in [-0.25, -0.2) is 0 Å². The molecule has 2 rings (SSSR count). The third kappa shape index (κ3) is 4.79. The largest absolute Gasteiger partial charge is 0.455 e. The van der Waals surface area contributed by atoms with Crippen LogP contribution in [0.2, 0.25) is 5.02 Å². The maximum atomic E-state index is 11.8. The molecule has 0 unspecified atom stereocenters. The standard InChI is InChI=1S/C15H15ClN2O5/c16-11-6-7-12(13(8-11)18(21)22)17-14(19)9-23-15(20)10-4-2-1-3-5-10/h1-2,6-8,10H,3-5,9H2,(H,17,19)/t10-/m0/s1. The van der Waals surface area contributed by atoms with E-state index < -0.39 is 23.4 Å². The fourth-order valence-electron chi connectivity index (χ4n) is 2.21. The number of nitro benzene ring substituents is 1. The lowest BCUT2D eigenvalue weighted by Gasteiger charge is -2.16. The third-order valence-corrected chi connectivity index (χ3v) is 3.61. The maximum absolute atomic E-state index is 11.8. The number of nitro groups is 1. The number of hydrogen-bond donors (Lipinski definition) is 1. The zero-order valence-electron chi connectivity index (χ0n) is 12.2. The number of rotatable bonds is 5. The van der Waals surface area contributed by atoms with E-state index in [-0.39, 0.29) is 22.3 Å². The van der Waals surface area contributed by atoms with Gasteiger partial charge in [0.05, 0.1) is 10.8 Å². The maximum Gasteiger partial charge on any atom is 0.309 e. The number of anilines is 1. The zero-order chi connectivity index (χ0) is 16.8. The molecular formula is C15H15ClN2O5. The molecular weight excluding hydrogens is 324 g/mol. The number of nitrogens with one attached hydrogen (secondary N) is 1. The fraction of sp³-hybridized carbons (Fsp3) is 0.333. The van der Waals surface area contributed by atoms with Crippen molar-refractivity contribution in [3.8, 4) is 0 Å². The summed E-state index contributed by atoms with van der Waals surface area (Å²) in [5, 5.41) is 13.5. The van der Waals surface area contributed by atoms with E-state index in [1.165, 1.54) is 12.1 Å². The smallest absolute Gasteiger partial charge is 0.309 e. The van der Waals surface area contributed by atoms with Crippen LogP contribution >= 0.6 is 11.6 Å². The topological polar surface area (TPSA) is 98.5 Å². The second-order valence-electron chi connectivity index (χ2n) is 5.06. The van der Waals surface area contributed by atoms with Crippen molar-refractivity contribution in [1.82, 2.24) is 0 Å². The Balaban J connectivity index is 1.91. The van der Waals surface area contributed by atoms with Crippen molar-refractivity contribution in [3.63, 3.8) is 0 Å². The minimum atomic E-state index is -0.651. The van der Waals surface area contributed by atoms with Gasteiger partial charge < -0.3 is 10.1 Å². The minimum Gasteiger partial charge on any atom is -0.455 e. The Morgan fingerprint density at radius 1 is 1.39 bits per heavy atom. The molecule has 0 fully saturated rings. The van der Waals surface area contributed by atoms with E-state index in [2.05, 4.69) is 5.32 Å². The number of carbonyl (C=O) groups is 2. The molecule has 0 saturated heterocycles. The summed E-state index contributed by atoms with van der Waals surface area (Å²) in [5.41, 5.74) is -0.323. The molecule has 1 aromatic carbocycles. The SMILES string of the molecule is O=C(COC(=O)[C@H]1CC=CCC1)Nc1ccc(Cl)cc1[N+](=O)[O-]. The van der Waals surface area contributed by atoms with Crippen molar-refractivity contribution >= 4 is 34.9 Å². The summed E-state index contributed by atoms with van der Waals surface area (Å²) < 4.78 is 4.96. The number of nitrogens with zero attached hydrogens (tertiary/aromatic N) is 1. The molecule has 0 aliphatic heterocycles. The highest BCUT2D eigenvalue weighted by Gasteiger charge is 2.22. The Labute approximate surface area is 137 Å². The van der Waals surface area contributed by atoms with Gasteiger partial charge in [0.2, 0.25) is 0 Å². The van der Waals surface area contributed by atoms with E-state index in [4.69, 9.17) is 16.3 Å². The van der Waals surface area contributed by atoms with E-state index in [1.54, 1.807) is 0 Å². The van der Waals surface area contributed by atoms with Gasteiger partial charge in [-0.2, -0.15) is 0 Å². The van der Waals surface area contributed by atoms with Gasteiger partial charge in [0.25, 0.3) is 11.6 Å². The number of hydrogen-bond acceptors (Lipinski definition) is 5. The van der Waals surface area contributed by atoms with Gasteiger partial charge in [0, 0.05) is 11.1 Å². The highest BCUT2D eigenvalue weighted by atomic mass is 35.5. The molecule has 1 aliphatic carbocycles. The van der Waals surface area contributed by atoms with E-state index in [0.717, 1.165) is 12.5 Å². The van der Waals surface area contributed by atoms with Gasteiger partial charge in [-0.05, 0) is 31.4 Å². The molecule has 1 atom stereocenters. The number of allylic oxidation sites excluding steroid dienone is 2. The molecule has 0 radical (unpaired) electrons. The van der Waals surface area contributed by atoms with Gasteiger partial charge in [-0.3, -0.25) is 19.7 Å². The number of amides is 1. The molecule has 1 N–H and O–H groups in total. The number of esters is 1. The summed E-state index contributed by atoms with van der Waals surface area (Å²) in [6.45, 7) is -0.487. The second-order valence-corrected chi connectivity index (χ2v) is 5.49. The molecule has 0 spiro atoms. The molecule has 1 amide bonds. The van der Waals surface area contributed by atoms with Crippen molar-refractivity contribution in [1.29, 1.82) is 0 Å². The quantitative estimate of drug-likeness (QED) is 0.385. The van der Waals surface area contributed by atoms with Crippen LogP contribution in [0, 0.1) is 16.0 Å². The van der Waals surface area contributed by atoms with Crippen LogP contribution in [0.15, 0.2) is 30.4 Å². The monoisotopic (exact) mass is 338 g/mol. The van der Waals surface area contributed by atoms with Crippen LogP contribution in [0.25, 0.3) is 0 Å². The Morgan fingerprint density at radius 2 is 2.17 bits per heavy atom. The lowest BCUT2D eigenvalue weighted by molar-refractivity contribution is -0.383. The van der Waals surface area contributed by atoms with Crippen LogP contribution in [0.4, 0.5) is 11.4 Å². The number of halogens is 1. The van der Waals surface area contributed by atoms with Crippen LogP contribution in [-0.2, 0) is 14.3 Å². The van der Waals surface area contributed by atoms with Crippen LogP contribution < -0.4 is 5.32 Å². The summed E-state index contributed by atoms with van der Waals surface area (Å²) in [4.78, 5) is 33.9. The third-order valence-electron chi connectivity index (χ3n) is 3.38. The van der Waals surface area contributed by atoms with E-state index >= 15 is 0 Å². The first-order chi connectivity index (χ1) is 11.0. The molecule has 23 heavy (non-hydrogen) atoms. The van der Waals surface area contributed by atoms with Crippen LogP contribution in [0.1, 0.15) is 19.3 Å². The average molecular weight is 339 g/mol. The highest BCUT2D eigenvalue weighted by Crippen LogP contribution is 2.27. The molecule has 7 nitrogen and oxygen atoms in total. The van der Waals surface area contributed by atoms with Crippen molar-refractivity contribution < 1.29 is 19.2 Å². The Kier molecular flexibility index (Phi) is 5.70. The summed E-state index contributed by atoms with van der Waals surface area (Å²) in [7, 11) is 0. The zero-order valence-corrected chi connectivity index (χ0v) is 12.9. The van der Waals surface area contributed by atoms with E-state index in [0.29, 0.717) is 12.8 Å². The van der Waals surface area contributed by atoms with Gasteiger partial charge >= 0.3 is 5.97 Å². The first kappa shape index (κ1) is 17.0. The highest BCUT2D eigenvalue weighted by molar-refractivity contribution is 6.31. The van der Waals surface area contributed by atoms with Crippen molar-refractivity contribution in [3.05, 3.63) is 45.5 Å². The van der Waals surface area contributed by atoms with Crippen LogP contribution in [-0.4, -0.2) is 23.4 Å². The average Bonchev–Trinajstić information content (AvgIpc) is 2.55. The van der Waals surface area contributed by atoms with Crippen molar-refractivity contribution in [2.75, 3.05) is 11.9 Å².